The van der Waals surface area contributed by atoms with E-state index in [4.69, 9.17) is 5.73 Å². The number of fused-ring (bicyclic) bond motifs is 5. The maximum atomic E-state index is 12.3. The van der Waals surface area contributed by atoms with Gasteiger partial charge in [-0.25, -0.2) is 0 Å². The van der Waals surface area contributed by atoms with Crippen LogP contribution in [0.3, 0.4) is 0 Å². The number of hydrogen-bond donors (Lipinski definition) is 3. The van der Waals surface area contributed by atoms with Crippen LogP contribution in [0, 0.1) is 28.6 Å². The molecule has 4 N–H and O–H groups in total. The van der Waals surface area contributed by atoms with Gasteiger partial charge in [-0.05, 0) is 60.7 Å². The van der Waals surface area contributed by atoms with Crippen LogP contribution in [0.4, 0.5) is 0 Å². The van der Waals surface area contributed by atoms with Gasteiger partial charge in [0.15, 0.2) is 0 Å². The molecule has 128 valence electrons. The Morgan fingerprint density at radius 3 is 2.61 bits per heavy atom. The maximum Gasteiger partial charge on any atom is 0.150 e. The van der Waals surface area contributed by atoms with Crippen LogP contribution in [0.2, 0.25) is 0 Å². The SMILES string of the molecule is C[C@]12CCC(O)C=C1CC(O)[C@@H]1[C@@H]2CC[C@]2(C)C(N)C(=O)C[C@@H]12. The van der Waals surface area contributed by atoms with Gasteiger partial charge < -0.3 is 15.9 Å². The molecule has 3 unspecified atom stereocenters. The third-order valence-corrected chi connectivity index (χ3v) is 8.03. The molecule has 0 aromatic heterocycles. The minimum atomic E-state index is -0.410. The topological polar surface area (TPSA) is 83.6 Å². The summed E-state index contributed by atoms with van der Waals surface area (Å²) in [5.74, 6) is 0.963. The van der Waals surface area contributed by atoms with E-state index < -0.39 is 6.10 Å². The molecular formula is C19H29NO3. The molecule has 0 spiro atoms. The normalized spacial score (nSPS) is 55.7. The second-order valence-corrected chi connectivity index (χ2v) is 8.97. The molecule has 0 aromatic rings. The fourth-order valence-corrected chi connectivity index (χ4v) is 6.51. The second kappa shape index (κ2) is 4.90. The molecule has 0 aromatic carbocycles. The van der Waals surface area contributed by atoms with Crippen molar-refractivity contribution in [2.75, 3.05) is 0 Å². The van der Waals surface area contributed by atoms with Gasteiger partial charge in [-0.1, -0.05) is 25.5 Å². The second-order valence-electron chi connectivity index (χ2n) is 8.97. The summed E-state index contributed by atoms with van der Waals surface area (Å²) in [4.78, 5) is 12.3. The van der Waals surface area contributed by atoms with Crippen molar-refractivity contribution in [1.82, 2.24) is 0 Å². The summed E-state index contributed by atoms with van der Waals surface area (Å²) in [7, 11) is 0. The van der Waals surface area contributed by atoms with Crippen molar-refractivity contribution < 1.29 is 15.0 Å². The fraction of sp³-hybridized carbons (Fsp3) is 0.842. The van der Waals surface area contributed by atoms with Gasteiger partial charge in [0.2, 0.25) is 0 Å². The lowest BCUT2D eigenvalue weighted by Crippen LogP contribution is -2.57. The van der Waals surface area contributed by atoms with Gasteiger partial charge >= 0.3 is 0 Å². The number of Topliss-reactive ketones (excluding diaryl/α,β-unsaturated/α-hetero) is 1. The van der Waals surface area contributed by atoms with Crippen molar-refractivity contribution in [2.45, 2.75) is 70.6 Å². The lowest BCUT2D eigenvalue weighted by Gasteiger charge is -2.59. The Bertz CT molecular complexity index is 573. The highest BCUT2D eigenvalue weighted by Gasteiger charge is 2.62. The van der Waals surface area contributed by atoms with Gasteiger partial charge in [0.25, 0.3) is 0 Å². The number of hydrogen-bond acceptors (Lipinski definition) is 4. The summed E-state index contributed by atoms with van der Waals surface area (Å²) in [6.45, 7) is 4.47. The Morgan fingerprint density at radius 1 is 1.13 bits per heavy atom. The number of nitrogens with two attached hydrogens (primary N) is 1. The van der Waals surface area contributed by atoms with Crippen LogP contribution < -0.4 is 5.73 Å². The number of carbonyl (C=O) groups is 1. The number of ketones is 1. The van der Waals surface area contributed by atoms with Crippen LogP contribution in [0.25, 0.3) is 0 Å². The lowest BCUT2D eigenvalue weighted by atomic mass is 9.46. The highest BCUT2D eigenvalue weighted by molar-refractivity contribution is 5.87. The zero-order valence-corrected chi connectivity index (χ0v) is 14.2. The van der Waals surface area contributed by atoms with Gasteiger partial charge in [-0.2, -0.15) is 0 Å². The molecule has 0 aliphatic heterocycles. The van der Waals surface area contributed by atoms with Crippen molar-refractivity contribution >= 4 is 5.78 Å². The van der Waals surface area contributed by atoms with Crippen LogP contribution in [0.1, 0.15) is 52.4 Å². The van der Waals surface area contributed by atoms with E-state index in [1.54, 1.807) is 0 Å². The van der Waals surface area contributed by atoms with Crippen molar-refractivity contribution in [3.63, 3.8) is 0 Å². The van der Waals surface area contributed by atoms with E-state index in [0.717, 1.165) is 25.7 Å². The van der Waals surface area contributed by atoms with E-state index in [1.165, 1.54) is 5.57 Å². The average molecular weight is 319 g/mol. The van der Waals surface area contributed by atoms with Gasteiger partial charge in [0.1, 0.15) is 5.78 Å². The molecular weight excluding hydrogens is 290 g/mol. The Labute approximate surface area is 138 Å². The zero-order chi connectivity index (χ0) is 16.6. The van der Waals surface area contributed by atoms with E-state index >= 15 is 0 Å². The van der Waals surface area contributed by atoms with E-state index in [9.17, 15) is 15.0 Å². The van der Waals surface area contributed by atoms with Crippen molar-refractivity contribution in [2.24, 2.45) is 34.3 Å². The Kier molecular flexibility index (Phi) is 3.37. The van der Waals surface area contributed by atoms with Crippen LogP contribution in [0.15, 0.2) is 11.6 Å². The first-order valence-corrected chi connectivity index (χ1v) is 9.13. The monoisotopic (exact) mass is 319 g/mol. The third-order valence-electron chi connectivity index (χ3n) is 8.03. The summed E-state index contributed by atoms with van der Waals surface area (Å²) in [6.07, 6.45) is 6.19. The summed E-state index contributed by atoms with van der Waals surface area (Å²) < 4.78 is 0. The molecule has 3 fully saturated rings. The van der Waals surface area contributed by atoms with Crippen LogP contribution in [0.5, 0.6) is 0 Å². The van der Waals surface area contributed by atoms with Gasteiger partial charge in [0.05, 0.1) is 18.2 Å². The molecule has 4 nitrogen and oxygen atoms in total. The van der Waals surface area contributed by atoms with Gasteiger partial charge in [-0.3, -0.25) is 4.79 Å². The summed E-state index contributed by atoms with van der Waals surface area (Å²) in [6, 6.07) is -0.362. The van der Waals surface area contributed by atoms with Crippen molar-refractivity contribution in [3.05, 3.63) is 11.6 Å². The minimum Gasteiger partial charge on any atom is -0.392 e. The molecule has 4 heteroatoms. The van der Waals surface area contributed by atoms with Crippen LogP contribution in [-0.2, 0) is 4.79 Å². The van der Waals surface area contributed by atoms with Crippen molar-refractivity contribution in [3.8, 4) is 0 Å². The quantitative estimate of drug-likeness (QED) is 0.594. The molecule has 0 amide bonds. The molecule has 8 atom stereocenters. The van der Waals surface area contributed by atoms with Crippen molar-refractivity contribution in [1.29, 1.82) is 0 Å². The van der Waals surface area contributed by atoms with E-state index in [-0.39, 0.29) is 40.6 Å². The average Bonchev–Trinajstić information content (AvgIpc) is 2.73. The molecule has 3 saturated carbocycles. The summed E-state index contributed by atoms with van der Waals surface area (Å²) >= 11 is 0. The smallest absolute Gasteiger partial charge is 0.150 e. The lowest BCUT2D eigenvalue weighted by molar-refractivity contribution is -0.119. The fourth-order valence-electron chi connectivity index (χ4n) is 6.51. The number of aliphatic hydroxyl groups is 2. The largest absolute Gasteiger partial charge is 0.392 e. The van der Waals surface area contributed by atoms with E-state index in [2.05, 4.69) is 13.8 Å². The first-order chi connectivity index (χ1) is 10.8. The molecule has 4 rings (SSSR count). The first-order valence-electron chi connectivity index (χ1n) is 9.13. The third kappa shape index (κ3) is 1.98. The predicted octanol–water partition coefficient (Wildman–Crippen LogP) is 1.79. The molecule has 23 heavy (non-hydrogen) atoms. The Morgan fingerprint density at radius 2 is 1.87 bits per heavy atom. The van der Waals surface area contributed by atoms with Crippen LogP contribution >= 0.6 is 0 Å². The summed E-state index contributed by atoms with van der Waals surface area (Å²) in [5, 5.41) is 20.9. The molecule has 0 bridgehead atoms. The number of aliphatic hydroxyl groups excluding tert-OH is 2. The molecule has 4 aliphatic carbocycles. The first kappa shape index (κ1) is 15.8. The molecule has 0 radical (unpaired) electrons. The van der Waals surface area contributed by atoms with Gasteiger partial charge in [0, 0.05) is 6.42 Å². The highest BCUT2D eigenvalue weighted by Crippen LogP contribution is 2.64. The molecule has 0 heterocycles. The zero-order valence-electron chi connectivity index (χ0n) is 14.2. The Balaban J connectivity index is 1.74. The van der Waals surface area contributed by atoms with E-state index in [1.807, 2.05) is 6.08 Å². The number of rotatable bonds is 0. The van der Waals surface area contributed by atoms with E-state index in [0.29, 0.717) is 18.8 Å². The summed E-state index contributed by atoms with van der Waals surface area (Å²) in [5.41, 5.74) is 7.40. The minimum absolute atomic E-state index is 0.0696. The number of carbonyl (C=O) groups excluding carboxylic acids is 1. The molecule has 0 saturated heterocycles. The standard InChI is InChI=1S/C19H29NO3/c1-18-5-3-11(21)7-10(18)8-14(22)16-12(18)4-6-19(2)13(16)9-15(23)17(19)20/h7,11-14,16-17,21-22H,3-6,8-9,20H2,1-2H3/t11?,12-,13-,14?,16+,17?,18-,19-/m0/s1. The van der Waals surface area contributed by atoms with Gasteiger partial charge in [-0.15, -0.1) is 0 Å². The Hall–Kier alpha value is -0.710. The van der Waals surface area contributed by atoms with Crippen LogP contribution in [-0.4, -0.2) is 34.2 Å². The highest BCUT2D eigenvalue weighted by atomic mass is 16.3. The predicted molar refractivity (Wildman–Crippen MR) is 87.5 cm³/mol. The maximum absolute atomic E-state index is 12.3. The molecule has 4 aliphatic rings.